The van der Waals surface area contributed by atoms with Crippen molar-refractivity contribution in [3.8, 4) is 44.6 Å². The van der Waals surface area contributed by atoms with E-state index in [9.17, 15) is 4.39 Å². The smallest absolute Gasteiger partial charge is 0.123 e. The number of nitrogens with zero attached hydrogens (tertiary/aromatic N) is 2. The van der Waals surface area contributed by atoms with Crippen LogP contribution in [0.3, 0.4) is 0 Å². The van der Waals surface area contributed by atoms with Gasteiger partial charge in [0.2, 0.25) is 0 Å². The van der Waals surface area contributed by atoms with Crippen molar-refractivity contribution >= 4 is 43.4 Å². The van der Waals surface area contributed by atoms with Crippen LogP contribution in [0.2, 0.25) is 0 Å². The number of fused-ring (bicyclic) bond motifs is 6. The summed E-state index contributed by atoms with van der Waals surface area (Å²) in [5.74, 6) is -0.254. The molecule has 0 aliphatic rings. The van der Waals surface area contributed by atoms with Crippen LogP contribution in [0, 0.1) is 5.82 Å². The van der Waals surface area contributed by atoms with Gasteiger partial charge in [-0.15, -0.1) is 0 Å². The van der Waals surface area contributed by atoms with Crippen LogP contribution in [-0.4, -0.2) is 9.97 Å². The first-order valence-electron chi connectivity index (χ1n) is 15.8. The SMILES string of the molecule is Fc1ccc(-c2nc3ccccc3c3c2ccc2c(-c4ccc(-c5ccc(-c6cccc7cccnc67)cc5)cc4)cccc23)cc1. The van der Waals surface area contributed by atoms with E-state index in [4.69, 9.17) is 4.98 Å². The quantitative estimate of drug-likeness (QED) is 0.187. The van der Waals surface area contributed by atoms with Crippen molar-refractivity contribution in [2.24, 2.45) is 0 Å². The second kappa shape index (κ2) is 11.0. The average Bonchev–Trinajstić information content (AvgIpc) is 3.14. The lowest BCUT2D eigenvalue weighted by molar-refractivity contribution is 0.628. The Morgan fingerprint density at radius 1 is 0.404 bits per heavy atom. The van der Waals surface area contributed by atoms with E-state index < -0.39 is 0 Å². The second-order valence-electron chi connectivity index (χ2n) is 11.9. The number of para-hydroxylation sites is 2. The third-order valence-electron chi connectivity index (χ3n) is 9.20. The van der Waals surface area contributed by atoms with Crippen LogP contribution in [0.4, 0.5) is 4.39 Å². The van der Waals surface area contributed by atoms with Crippen LogP contribution in [-0.2, 0) is 0 Å². The van der Waals surface area contributed by atoms with Crippen molar-refractivity contribution in [2.45, 2.75) is 0 Å². The molecule has 0 unspecified atom stereocenters. The molecule has 0 aliphatic carbocycles. The third kappa shape index (κ3) is 4.63. The number of rotatable bonds is 4. The van der Waals surface area contributed by atoms with Gasteiger partial charge in [0.1, 0.15) is 5.82 Å². The molecule has 0 atom stereocenters. The molecule has 2 heterocycles. The number of aromatic nitrogens is 2. The molecule has 0 spiro atoms. The first-order chi connectivity index (χ1) is 23.2. The summed E-state index contributed by atoms with van der Waals surface area (Å²) in [5, 5.41) is 6.82. The van der Waals surface area contributed by atoms with Gasteiger partial charge < -0.3 is 0 Å². The van der Waals surface area contributed by atoms with E-state index in [1.807, 2.05) is 30.5 Å². The molecule has 2 aromatic heterocycles. The van der Waals surface area contributed by atoms with Crippen molar-refractivity contribution in [1.29, 1.82) is 0 Å². The molecule has 220 valence electrons. The molecule has 7 aromatic carbocycles. The van der Waals surface area contributed by atoms with E-state index in [1.165, 1.54) is 39.6 Å². The minimum absolute atomic E-state index is 0.254. The molecule has 0 amide bonds. The predicted octanol–water partition coefficient (Wildman–Crippen LogP) is 11.9. The third-order valence-corrected chi connectivity index (χ3v) is 9.20. The van der Waals surface area contributed by atoms with Crippen LogP contribution >= 0.6 is 0 Å². The summed E-state index contributed by atoms with van der Waals surface area (Å²) in [6.07, 6.45) is 1.85. The molecular weight excluding hydrogens is 575 g/mol. The van der Waals surface area contributed by atoms with Gasteiger partial charge >= 0.3 is 0 Å². The highest BCUT2D eigenvalue weighted by Gasteiger charge is 2.15. The highest BCUT2D eigenvalue weighted by Crippen LogP contribution is 2.40. The molecule has 9 aromatic rings. The van der Waals surface area contributed by atoms with Crippen molar-refractivity contribution in [3.05, 3.63) is 170 Å². The number of hydrogen-bond acceptors (Lipinski definition) is 2. The number of halogens is 1. The Morgan fingerprint density at radius 2 is 1.00 bits per heavy atom. The molecule has 0 saturated carbocycles. The fourth-order valence-electron chi connectivity index (χ4n) is 6.91. The zero-order valence-corrected chi connectivity index (χ0v) is 25.4. The maximum absolute atomic E-state index is 13.8. The van der Waals surface area contributed by atoms with Gasteiger partial charge in [-0.05, 0) is 75.0 Å². The maximum atomic E-state index is 13.8. The van der Waals surface area contributed by atoms with E-state index in [-0.39, 0.29) is 5.82 Å². The van der Waals surface area contributed by atoms with Crippen molar-refractivity contribution in [2.75, 3.05) is 0 Å². The highest BCUT2D eigenvalue weighted by atomic mass is 19.1. The summed E-state index contributed by atoms with van der Waals surface area (Å²) in [5.41, 5.74) is 10.7. The van der Waals surface area contributed by atoms with Crippen LogP contribution in [0.1, 0.15) is 0 Å². The molecule has 0 bridgehead atoms. The van der Waals surface area contributed by atoms with Crippen LogP contribution in [0.5, 0.6) is 0 Å². The fraction of sp³-hybridized carbons (Fsp3) is 0. The second-order valence-corrected chi connectivity index (χ2v) is 11.9. The van der Waals surface area contributed by atoms with Gasteiger partial charge in [-0.1, -0.05) is 121 Å². The molecule has 9 rings (SSSR count). The zero-order valence-electron chi connectivity index (χ0n) is 25.4. The summed E-state index contributed by atoms with van der Waals surface area (Å²) in [6, 6.07) is 53.8. The Morgan fingerprint density at radius 3 is 1.79 bits per heavy atom. The van der Waals surface area contributed by atoms with E-state index in [1.54, 1.807) is 0 Å². The van der Waals surface area contributed by atoms with Gasteiger partial charge in [0.25, 0.3) is 0 Å². The molecule has 0 fully saturated rings. The lowest BCUT2D eigenvalue weighted by Crippen LogP contribution is -1.92. The van der Waals surface area contributed by atoms with Crippen molar-refractivity contribution in [3.63, 3.8) is 0 Å². The number of benzene rings is 7. The van der Waals surface area contributed by atoms with Crippen LogP contribution < -0.4 is 0 Å². The van der Waals surface area contributed by atoms with Crippen LogP contribution in [0.15, 0.2) is 164 Å². The molecule has 47 heavy (non-hydrogen) atoms. The normalized spacial score (nSPS) is 11.5. The van der Waals surface area contributed by atoms with Crippen molar-refractivity contribution in [1.82, 2.24) is 9.97 Å². The summed E-state index contributed by atoms with van der Waals surface area (Å²) in [7, 11) is 0. The average molecular weight is 603 g/mol. The van der Waals surface area contributed by atoms with Gasteiger partial charge in [-0.25, -0.2) is 9.37 Å². The minimum Gasteiger partial charge on any atom is -0.256 e. The van der Waals surface area contributed by atoms with E-state index in [0.717, 1.165) is 60.5 Å². The van der Waals surface area contributed by atoms with Gasteiger partial charge in [0.05, 0.1) is 16.7 Å². The van der Waals surface area contributed by atoms with Gasteiger partial charge in [0.15, 0.2) is 0 Å². The van der Waals surface area contributed by atoms with E-state index >= 15 is 0 Å². The molecule has 2 nitrogen and oxygen atoms in total. The molecule has 0 aliphatic heterocycles. The lowest BCUT2D eigenvalue weighted by atomic mass is 9.91. The summed E-state index contributed by atoms with van der Waals surface area (Å²) in [6.45, 7) is 0. The number of hydrogen-bond donors (Lipinski definition) is 0. The monoisotopic (exact) mass is 602 g/mol. The molecule has 3 heteroatoms. The van der Waals surface area contributed by atoms with Crippen LogP contribution in [0.25, 0.3) is 88.0 Å². The number of pyridine rings is 2. The predicted molar refractivity (Wildman–Crippen MR) is 194 cm³/mol. The first-order valence-corrected chi connectivity index (χ1v) is 15.8. The Bertz CT molecular complexity index is 2600. The highest BCUT2D eigenvalue weighted by molar-refractivity contribution is 6.24. The lowest BCUT2D eigenvalue weighted by Gasteiger charge is -2.15. The van der Waals surface area contributed by atoms with Crippen molar-refractivity contribution < 1.29 is 4.39 Å². The van der Waals surface area contributed by atoms with Gasteiger partial charge in [0, 0.05) is 38.9 Å². The summed E-state index contributed by atoms with van der Waals surface area (Å²) < 4.78 is 13.8. The van der Waals surface area contributed by atoms with Gasteiger partial charge in [-0.2, -0.15) is 0 Å². The molecular formula is C44H27FN2. The molecule has 0 radical (unpaired) electrons. The first kappa shape index (κ1) is 27.1. The minimum atomic E-state index is -0.254. The summed E-state index contributed by atoms with van der Waals surface area (Å²) in [4.78, 5) is 9.67. The fourth-order valence-corrected chi connectivity index (χ4v) is 6.91. The zero-order chi connectivity index (χ0) is 31.3. The van der Waals surface area contributed by atoms with E-state index in [0.29, 0.717) is 0 Å². The molecule has 0 saturated heterocycles. The van der Waals surface area contributed by atoms with Gasteiger partial charge in [-0.3, -0.25) is 4.98 Å². The Hall–Kier alpha value is -6.19. The Balaban J connectivity index is 1.12. The Labute approximate surface area is 271 Å². The topological polar surface area (TPSA) is 25.8 Å². The van der Waals surface area contributed by atoms with E-state index in [2.05, 4.69) is 126 Å². The standard InChI is InChI=1S/C44H27FN2/c45-34-23-21-33(22-24-34)44-40-26-25-37-35(9-4-11-38(37)42(40)39-8-1-2-12-41(39)47-44)30-17-13-28(14-18-30)29-15-19-31(20-16-29)36-10-3-6-32-7-5-27-46-43(32)36/h1-27H. The molecule has 0 N–H and O–H groups in total. The maximum Gasteiger partial charge on any atom is 0.123 e. The Kier molecular flexibility index (Phi) is 6.36. The summed E-state index contributed by atoms with van der Waals surface area (Å²) >= 11 is 0. The largest absolute Gasteiger partial charge is 0.256 e.